The van der Waals surface area contributed by atoms with Crippen LogP contribution < -0.4 is 10.6 Å². The smallest absolute Gasteiger partial charge is 0.248 e. The Morgan fingerprint density at radius 1 is 1.43 bits per heavy atom. The summed E-state index contributed by atoms with van der Waals surface area (Å²) in [6.07, 6.45) is 0.988. The number of thiophene rings is 1. The van der Waals surface area contributed by atoms with Gasteiger partial charge in [-0.15, -0.1) is 35.3 Å². The Morgan fingerprint density at radius 2 is 2.29 bits per heavy atom. The molecule has 2 aromatic rings. The zero-order chi connectivity index (χ0) is 14.2. The molecule has 6 nitrogen and oxygen atoms in total. The number of hydrogen-bond acceptors (Lipinski definition) is 5. The molecule has 0 radical (unpaired) electrons. The lowest BCUT2D eigenvalue weighted by molar-refractivity contribution is 0.376. The maximum atomic E-state index is 5.03. The normalized spacial score (nSPS) is 11.0. The van der Waals surface area contributed by atoms with Crippen LogP contribution in [0.15, 0.2) is 27.0 Å². The standard InChI is InChI=1S/C13H19N5OS.HI/c1-3-14-13(15-7-6-11-5-4-8-20-11)16-9-12-17-10(2)18-19-12;/h4-5,8H,3,6-7,9H2,1-2H3,(H2,14,15,16);1H. The molecule has 0 aliphatic rings. The molecule has 0 fully saturated rings. The number of guanidine groups is 1. The fourth-order valence-corrected chi connectivity index (χ4v) is 2.36. The first-order valence-corrected chi connectivity index (χ1v) is 7.49. The molecule has 0 saturated heterocycles. The molecule has 21 heavy (non-hydrogen) atoms. The molecule has 0 unspecified atom stereocenters. The third-order valence-electron chi connectivity index (χ3n) is 2.53. The van der Waals surface area contributed by atoms with Crippen molar-refractivity contribution in [3.8, 4) is 0 Å². The van der Waals surface area contributed by atoms with E-state index in [0.717, 1.165) is 25.5 Å². The van der Waals surface area contributed by atoms with E-state index < -0.39 is 0 Å². The highest BCUT2D eigenvalue weighted by atomic mass is 127. The van der Waals surface area contributed by atoms with Gasteiger partial charge in [-0.25, -0.2) is 4.99 Å². The van der Waals surface area contributed by atoms with Gasteiger partial charge in [0.1, 0.15) is 6.54 Å². The van der Waals surface area contributed by atoms with Crippen LogP contribution in [0, 0.1) is 6.92 Å². The first kappa shape index (κ1) is 17.9. The molecule has 2 heterocycles. The Labute approximate surface area is 145 Å². The predicted molar refractivity (Wildman–Crippen MR) is 95.3 cm³/mol. The van der Waals surface area contributed by atoms with Crippen molar-refractivity contribution in [1.29, 1.82) is 0 Å². The number of aromatic nitrogens is 2. The van der Waals surface area contributed by atoms with Gasteiger partial charge in [0, 0.05) is 18.0 Å². The Hall–Kier alpha value is -1.16. The van der Waals surface area contributed by atoms with Crippen LogP contribution in [0.25, 0.3) is 0 Å². The van der Waals surface area contributed by atoms with Gasteiger partial charge >= 0.3 is 0 Å². The van der Waals surface area contributed by atoms with Gasteiger partial charge < -0.3 is 15.2 Å². The van der Waals surface area contributed by atoms with Crippen molar-refractivity contribution < 1.29 is 4.52 Å². The molecule has 0 amide bonds. The minimum Gasteiger partial charge on any atom is -0.357 e. The molecule has 0 spiro atoms. The predicted octanol–water partition coefficient (Wildman–Crippen LogP) is 2.36. The number of halogens is 1. The Balaban J connectivity index is 0.00000220. The van der Waals surface area contributed by atoms with E-state index in [1.165, 1.54) is 4.88 Å². The van der Waals surface area contributed by atoms with Gasteiger partial charge in [0.05, 0.1) is 0 Å². The highest BCUT2D eigenvalue weighted by molar-refractivity contribution is 14.0. The van der Waals surface area contributed by atoms with Crippen molar-refractivity contribution in [3.05, 3.63) is 34.1 Å². The molecule has 8 heteroatoms. The van der Waals surface area contributed by atoms with Crippen molar-refractivity contribution in [2.24, 2.45) is 4.99 Å². The zero-order valence-corrected chi connectivity index (χ0v) is 15.3. The quantitative estimate of drug-likeness (QED) is 0.426. The van der Waals surface area contributed by atoms with E-state index in [4.69, 9.17) is 4.52 Å². The van der Waals surface area contributed by atoms with E-state index in [0.29, 0.717) is 18.3 Å². The summed E-state index contributed by atoms with van der Waals surface area (Å²) in [5, 5.41) is 12.3. The first-order valence-electron chi connectivity index (χ1n) is 6.61. The summed E-state index contributed by atoms with van der Waals surface area (Å²) in [4.78, 5) is 9.90. The highest BCUT2D eigenvalue weighted by Gasteiger charge is 2.03. The number of nitrogens with one attached hydrogen (secondary N) is 2. The molecule has 2 rings (SSSR count). The Bertz CT molecular complexity index is 541. The Kier molecular flexibility index (Phi) is 8.28. The zero-order valence-electron chi connectivity index (χ0n) is 12.1. The second kappa shape index (κ2) is 9.72. The second-order valence-electron chi connectivity index (χ2n) is 4.19. The monoisotopic (exact) mass is 421 g/mol. The van der Waals surface area contributed by atoms with Gasteiger partial charge in [-0.3, -0.25) is 0 Å². The fraction of sp³-hybridized carbons (Fsp3) is 0.462. The van der Waals surface area contributed by atoms with Crippen LogP contribution in [0.5, 0.6) is 0 Å². The van der Waals surface area contributed by atoms with Crippen LogP contribution >= 0.6 is 35.3 Å². The molecule has 0 bridgehead atoms. The van der Waals surface area contributed by atoms with Gasteiger partial charge in [0.15, 0.2) is 11.8 Å². The fourth-order valence-electron chi connectivity index (χ4n) is 1.65. The third-order valence-corrected chi connectivity index (χ3v) is 3.47. The van der Waals surface area contributed by atoms with E-state index >= 15 is 0 Å². The van der Waals surface area contributed by atoms with Crippen molar-refractivity contribution in [3.63, 3.8) is 0 Å². The molecule has 2 N–H and O–H groups in total. The largest absolute Gasteiger partial charge is 0.357 e. The molecule has 0 aromatic carbocycles. The number of rotatable bonds is 6. The number of hydrogen-bond donors (Lipinski definition) is 2. The molecule has 0 atom stereocenters. The lowest BCUT2D eigenvalue weighted by atomic mass is 10.3. The molecule has 2 aromatic heterocycles. The van der Waals surface area contributed by atoms with E-state index in [2.05, 4.69) is 43.3 Å². The number of nitrogens with zero attached hydrogens (tertiary/aromatic N) is 3. The summed E-state index contributed by atoms with van der Waals surface area (Å²) in [5.74, 6) is 1.92. The second-order valence-corrected chi connectivity index (χ2v) is 5.22. The van der Waals surface area contributed by atoms with Crippen molar-refractivity contribution in [2.75, 3.05) is 13.1 Å². The van der Waals surface area contributed by atoms with Crippen molar-refractivity contribution >= 4 is 41.3 Å². The number of aryl methyl sites for hydroxylation is 1. The number of aliphatic imine (C=N–C) groups is 1. The first-order chi connectivity index (χ1) is 9.78. The van der Waals surface area contributed by atoms with Gasteiger partial charge in [-0.05, 0) is 31.7 Å². The molecule has 116 valence electrons. The summed E-state index contributed by atoms with van der Waals surface area (Å²) in [5.41, 5.74) is 0. The van der Waals surface area contributed by atoms with Gasteiger partial charge in [0.25, 0.3) is 0 Å². The average Bonchev–Trinajstić information content (AvgIpc) is 3.07. The molecule has 0 saturated carbocycles. The van der Waals surface area contributed by atoms with Crippen LogP contribution in [0.4, 0.5) is 0 Å². The van der Waals surface area contributed by atoms with Crippen LogP contribution in [0.1, 0.15) is 23.5 Å². The summed E-state index contributed by atoms with van der Waals surface area (Å²) < 4.78 is 5.03. The average molecular weight is 421 g/mol. The van der Waals surface area contributed by atoms with Crippen molar-refractivity contribution in [1.82, 2.24) is 20.8 Å². The van der Waals surface area contributed by atoms with E-state index in [-0.39, 0.29) is 24.0 Å². The van der Waals surface area contributed by atoms with Gasteiger partial charge in [0.2, 0.25) is 5.89 Å². The summed E-state index contributed by atoms with van der Waals surface area (Å²) in [7, 11) is 0. The van der Waals surface area contributed by atoms with E-state index in [1.54, 1.807) is 18.3 Å². The maximum absolute atomic E-state index is 5.03. The van der Waals surface area contributed by atoms with Crippen LogP contribution in [-0.4, -0.2) is 29.2 Å². The molecular weight excluding hydrogens is 401 g/mol. The summed E-state index contributed by atoms with van der Waals surface area (Å²) in [6, 6.07) is 4.20. The molecular formula is C13H20IN5OS. The van der Waals surface area contributed by atoms with Crippen LogP contribution in [0.3, 0.4) is 0 Å². The highest BCUT2D eigenvalue weighted by Crippen LogP contribution is 2.08. The van der Waals surface area contributed by atoms with Gasteiger partial charge in [-0.2, -0.15) is 4.98 Å². The topological polar surface area (TPSA) is 75.3 Å². The third kappa shape index (κ3) is 6.42. The molecule has 0 aliphatic heterocycles. The van der Waals surface area contributed by atoms with Crippen LogP contribution in [-0.2, 0) is 13.0 Å². The van der Waals surface area contributed by atoms with E-state index in [1.807, 2.05) is 6.92 Å². The minimum absolute atomic E-state index is 0. The minimum atomic E-state index is 0. The lowest BCUT2D eigenvalue weighted by Gasteiger charge is -2.10. The molecule has 0 aliphatic carbocycles. The SMILES string of the molecule is CCNC(=NCc1nc(C)no1)NCCc1cccs1.I. The van der Waals surface area contributed by atoms with Crippen LogP contribution in [0.2, 0.25) is 0 Å². The van der Waals surface area contributed by atoms with Crippen molar-refractivity contribution in [2.45, 2.75) is 26.8 Å². The Morgan fingerprint density at radius 3 is 2.90 bits per heavy atom. The lowest BCUT2D eigenvalue weighted by Crippen LogP contribution is -2.38. The summed E-state index contributed by atoms with van der Waals surface area (Å²) >= 11 is 1.77. The summed E-state index contributed by atoms with van der Waals surface area (Å²) in [6.45, 7) is 5.87. The van der Waals surface area contributed by atoms with Gasteiger partial charge in [-0.1, -0.05) is 11.2 Å². The van der Waals surface area contributed by atoms with E-state index in [9.17, 15) is 0 Å². The maximum Gasteiger partial charge on any atom is 0.248 e.